The summed E-state index contributed by atoms with van der Waals surface area (Å²) in [5.74, 6) is -2.21. The lowest BCUT2D eigenvalue weighted by Crippen LogP contribution is -2.59. The van der Waals surface area contributed by atoms with Crippen molar-refractivity contribution < 1.29 is 24.2 Å². The molecule has 204 valence electrons. The van der Waals surface area contributed by atoms with E-state index in [4.69, 9.17) is 4.74 Å². The predicted molar refractivity (Wildman–Crippen MR) is 144 cm³/mol. The average molecular weight is 522 g/mol. The van der Waals surface area contributed by atoms with Crippen molar-refractivity contribution in [3.63, 3.8) is 0 Å². The molecule has 2 fully saturated rings. The van der Waals surface area contributed by atoms with Crippen LogP contribution >= 0.6 is 0 Å². The zero-order valence-corrected chi connectivity index (χ0v) is 23.2. The van der Waals surface area contributed by atoms with Gasteiger partial charge < -0.3 is 24.5 Å². The molecule has 1 unspecified atom stereocenters. The van der Waals surface area contributed by atoms with Crippen LogP contribution in [0.15, 0.2) is 42.5 Å². The van der Waals surface area contributed by atoms with Gasteiger partial charge in [0.05, 0.1) is 30.1 Å². The Balaban J connectivity index is 1.70. The van der Waals surface area contributed by atoms with Crippen molar-refractivity contribution >= 4 is 23.4 Å². The molecule has 0 saturated carbocycles. The van der Waals surface area contributed by atoms with Gasteiger partial charge in [0.15, 0.2) is 0 Å². The number of ether oxygens (including phenoxy) is 1. The van der Waals surface area contributed by atoms with E-state index < -0.39 is 35.1 Å². The Kier molecular flexibility index (Phi) is 6.55. The third kappa shape index (κ3) is 3.83. The van der Waals surface area contributed by atoms with Crippen molar-refractivity contribution in [1.29, 1.82) is 0 Å². The van der Waals surface area contributed by atoms with E-state index in [0.717, 1.165) is 16.8 Å². The summed E-state index contributed by atoms with van der Waals surface area (Å²) in [7, 11) is 1.73. The second-order valence-corrected chi connectivity index (χ2v) is 12.0. The fourth-order valence-electron chi connectivity index (χ4n) is 7.02. The molecule has 8 heteroatoms. The molecule has 8 nitrogen and oxygen atoms in total. The Hall–Kier alpha value is -2.97. The summed E-state index contributed by atoms with van der Waals surface area (Å²) in [5, 5.41) is 10.5. The van der Waals surface area contributed by atoms with Crippen LogP contribution in [0.25, 0.3) is 0 Å². The molecule has 4 heterocycles. The van der Waals surface area contributed by atoms with E-state index in [2.05, 4.69) is 0 Å². The number of likely N-dealkylation sites (N-methyl/N-ethyl adjacent to an activating group) is 1. The van der Waals surface area contributed by atoms with E-state index in [1.165, 1.54) is 0 Å². The zero-order chi connectivity index (χ0) is 27.6. The molecule has 4 aliphatic heterocycles. The molecule has 3 amide bonds. The fourth-order valence-corrected chi connectivity index (χ4v) is 7.02. The van der Waals surface area contributed by atoms with E-state index in [9.17, 15) is 19.5 Å². The van der Waals surface area contributed by atoms with E-state index in [0.29, 0.717) is 19.5 Å². The molecule has 0 bridgehead atoms. The number of anilines is 1. The minimum atomic E-state index is -1.33. The summed E-state index contributed by atoms with van der Waals surface area (Å²) in [6.45, 7) is 10.3. The number of carbonyl (C=O) groups excluding carboxylic acids is 3. The predicted octanol–water partition coefficient (Wildman–Crippen LogP) is 2.61. The molecule has 1 N–H and O–H groups in total. The number of benzene rings is 1. The first-order valence-electron chi connectivity index (χ1n) is 13.6. The molecule has 1 aromatic rings. The smallest absolute Gasteiger partial charge is 0.253 e. The first kappa shape index (κ1) is 26.6. The lowest BCUT2D eigenvalue weighted by molar-refractivity contribution is -0.151. The molecule has 38 heavy (non-hydrogen) atoms. The second-order valence-electron chi connectivity index (χ2n) is 12.0. The quantitative estimate of drug-likeness (QED) is 0.602. The molecule has 2 saturated heterocycles. The topological polar surface area (TPSA) is 90.4 Å². The van der Waals surface area contributed by atoms with Gasteiger partial charge in [0.25, 0.3) is 5.91 Å². The van der Waals surface area contributed by atoms with Crippen LogP contribution < -0.4 is 4.90 Å². The number of hydrogen-bond donors (Lipinski definition) is 1. The summed E-state index contributed by atoms with van der Waals surface area (Å²) in [6, 6.07) is 4.40. The number of likely N-dealkylation sites (tertiary alicyclic amines) is 1. The van der Waals surface area contributed by atoms with Crippen molar-refractivity contribution in [1.82, 2.24) is 9.80 Å². The number of aryl methyl sites for hydroxylation is 2. The maximum absolute atomic E-state index is 14.6. The Morgan fingerprint density at radius 1 is 1.03 bits per heavy atom. The summed E-state index contributed by atoms with van der Waals surface area (Å²) >= 11 is 0. The molecule has 4 aliphatic rings. The number of aliphatic hydroxyl groups excluding tert-OH is 1. The highest BCUT2D eigenvalue weighted by molar-refractivity contribution is 6.06. The summed E-state index contributed by atoms with van der Waals surface area (Å²) in [6.07, 6.45) is 8.05. The highest BCUT2D eigenvalue weighted by Gasteiger charge is 2.75. The lowest BCUT2D eigenvalue weighted by atomic mass is 9.74. The summed E-state index contributed by atoms with van der Waals surface area (Å²) in [4.78, 5) is 47.7. The minimum Gasteiger partial charge on any atom is -0.394 e. The van der Waals surface area contributed by atoms with Crippen LogP contribution in [0, 0.1) is 31.6 Å². The number of rotatable bonds is 5. The molecule has 1 spiro atoms. The van der Waals surface area contributed by atoms with E-state index in [1.54, 1.807) is 21.7 Å². The first-order valence-corrected chi connectivity index (χ1v) is 13.6. The fraction of sp³-hybridized carbons (Fsp3) is 0.567. The molecule has 0 aromatic heterocycles. The Bertz CT molecular complexity index is 1220. The zero-order valence-electron chi connectivity index (χ0n) is 23.2. The minimum absolute atomic E-state index is 0.172. The van der Waals surface area contributed by atoms with Gasteiger partial charge in [-0.1, -0.05) is 50.3 Å². The molecule has 1 aromatic carbocycles. The molecule has 0 aliphatic carbocycles. The van der Waals surface area contributed by atoms with Crippen LogP contribution in [0.5, 0.6) is 0 Å². The van der Waals surface area contributed by atoms with Gasteiger partial charge in [0.2, 0.25) is 11.8 Å². The van der Waals surface area contributed by atoms with Crippen LogP contribution in [-0.4, -0.2) is 82.7 Å². The van der Waals surface area contributed by atoms with Crippen molar-refractivity contribution in [2.24, 2.45) is 17.8 Å². The first-order chi connectivity index (χ1) is 17.9. The van der Waals surface area contributed by atoms with Crippen LogP contribution in [0.1, 0.15) is 38.3 Å². The Morgan fingerprint density at radius 2 is 1.74 bits per heavy atom. The molecular weight excluding hydrogens is 482 g/mol. The Labute approximate surface area is 224 Å². The van der Waals surface area contributed by atoms with Gasteiger partial charge in [-0.15, -0.1) is 0 Å². The standard InChI is InChI=1S/C30H39N3O5/c1-18(2)15-21(17-34)33-25-28(37)32(22-16-19(3)9-10-20(22)4)14-8-12-30(25)24(27(33)36)23-26(35)31(6)13-7-11-29(23,5)38-30/h7-12,16,18,21,23-25,34H,13-15,17H2,1-6H3/t21-,23+,24+,25?,29-,30+/m1/s1. The van der Waals surface area contributed by atoms with Crippen LogP contribution in [-0.2, 0) is 19.1 Å². The highest BCUT2D eigenvalue weighted by atomic mass is 16.5. The van der Waals surface area contributed by atoms with Gasteiger partial charge in [0.1, 0.15) is 11.6 Å². The van der Waals surface area contributed by atoms with Crippen molar-refractivity contribution in [3.05, 3.63) is 53.6 Å². The molecule has 0 radical (unpaired) electrons. The van der Waals surface area contributed by atoms with E-state index in [-0.39, 0.29) is 30.2 Å². The van der Waals surface area contributed by atoms with Gasteiger partial charge in [-0.3, -0.25) is 14.4 Å². The number of amides is 3. The normalized spacial score (nSPS) is 33.4. The average Bonchev–Trinajstić information content (AvgIpc) is 3.14. The number of aliphatic hydroxyl groups is 1. The van der Waals surface area contributed by atoms with Crippen molar-refractivity contribution in [2.45, 2.75) is 64.3 Å². The van der Waals surface area contributed by atoms with Crippen LogP contribution in [0.4, 0.5) is 5.69 Å². The van der Waals surface area contributed by atoms with Gasteiger partial charge in [-0.05, 0) is 50.3 Å². The molecule has 6 atom stereocenters. The number of fused-ring (bicyclic) bond motifs is 2. The largest absolute Gasteiger partial charge is 0.394 e. The lowest BCUT2D eigenvalue weighted by Gasteiger charge is -2.40. The van der Waals surface area contributed by atoms with Crippen molar-refractivity contribution in [2.75, 3.05) is 31.6 Å². The SMILES string of the molecule is Cc1ccc(C)c(N2CC=C[C@]34O[C@]5(C)C=CCN(C)C(=O)[C@@H]5[C@H]3C(=O)N([C@@H](CO)CC(C)C)C4C2=O)c1. The van der Waals surface area contributed by atoms with E-state index in [1.807, 2.05) is 77.1 Å². The molecule has 5 rings (SSSR count). The number of nitrogens with zero attached hydrogens (tertiary/aromatic N) is 3. The summed E-state index contributed by atoms with van der Waals surface area (Å²) < 4.78 is 6.84. The van der Waals surface area contributed by atoms with Gasteiger partial charge in [-0.2, -0.15) is 0 Å². The monoisotopic (exact) mass is 521 g/mol. The third-order valence-electron chi connectivity index (χ3n) is 8.70. The maximum atomic E-state index is 14.6. The maximum Gasteiger partial charge on any atom is 0.253 e. The third-order valence-corrected chi connectivity index (χ3v) is 8.70. The Morgan fingerprint density at radius 3 is 2.42 bits per heavy atom. The van der Waals surface area contributed by atoms with E-state index >= 15 is 0 Å². The van der Waals surface area contributed by atoms with Crippen LogP contribution in [0.3, 0.4) is 0 Å². The summed E-state index contributed by atoms with van der Waals surface area (Å²) in [5.41, 5.74) is 0.384. The highest BCUT2D eigenvalue weighted by Crippen LogP contribution is 2.58. The number of carbonyl (C=O) groups is 3. The second kappa shape index (κ2) is 9.35. The van der Waals surface area contributed by atoms with Crippen molar-refractivity contribution in [3.8, 4) is 0 Å². The number of hydrogen-bond acceptors (Lipinski definition) is 5. The van der Waals surface area contributed by atoms with Gasteiger partial charge in [-0.25, -0.2) is 0 Å². The van der Waals surface area contributed by atoms with Gasteiger partial charge >= 0.3 is 0 Å². The van der Waals surface area contributed by atoms with Crippen LogP contribution in [0.2, 0.25) is 0 Å². The van der Waals surface area contributed by atoms with Gasteiger partial charge in [0, 0.05) is 25.8 Å². The molecular formula is C30H39N3O5.